The van der Waals surface area contributed by atoms with Gasteiger partial charge in [-0.05, 0) is 57.7 Å². The van der Waals surface area contributed by atoms with Crippen LogP contribution in [0.1, 0.15) is 18.1 Å². The molecule has 18 heavy (non-hydrogen) atoms. The topological polar surface area (TPSA) is 35.2 Å². The predicted molar refractivity (Wildman–Crippen MR) is 78.7 cm³/mol. The lowest BCUT2D eigenvalue weighted by Crippen LogP contribution is -1.97. The van der Waals surface area contributed by atoms with Gasteiger partial charge in [0.15, 0.2) is 0 Å². The van der Waals surface area contributed by atoms with Gasteiger partial charge in [-0.1, -0.05) is 25.1 Å². The molecule has 0 aliphatic rings. The Morgan fingerprint density at radius 2 is 1.72 bits per heavy atom. The lowest BCUT2D eigenvalue weighted by molar-refractivity contribution is 0.304. The molecule has 2 aromatic rings. The number of aryl methyl sites for hydroxylation is 1. The SMILES string of the molecule is CCc1ccc(OCc2ccc(N)cc2)c(Br)c1. The zero-order valence-corrected chi connectivity index (χ0v) is 11.9. The van der Waals surface area contributed by atoms with Gasteiger partial charge in [0.1, 0.15) is 12.4 Å². The average molecular weight is 306 g/mol. The summed E-state index contributed by atoms with van der Waals surface area (Å²) in [7, 11) is 0. The molecule has 0 bridgehead atoms. The van der Waals surface area contributed by atoms with Crippen molar-refractivity contribution in [3.05, 3.63) is 58.1 Å². The van der Waals surface area contributed by atoms with Gasteiger partial charge in [-0.3, -0.25) is 0 Å². The maximum absolute atomic E-state index is 5.77. The highest BCUT2D eigenvalue weighted by atomic mass is 79.9. The van der Waals surface area contributed by atoms with Crippen molar-refractivity contribution in [3.8, 4) is 5.75 Å². The van der Waals surface area contributed by atoms with Crippen molar-refractivity contribution in [2.24, 2.45) is 0 Å². The summed E-state index contributed by atoms with van der Waals surface area (Å²) < 4.78 is 6.77. The summed E-state index contributed by atoms with van der Waals surface area (Å²) in [5.74, 6) is 0.865. The first kappa shape index (κ1) is 13.0. The average Bonchev–Trinajstić information content (AvgIpc) is 2.39. The Morgan fingerprint density at radius 3 is 2.33 bits per heavy atom. The largest absolute Gasteiger partial charge is 0.488 e. The predicted octanol–water partition coefficient (Wildman–Crippen LogP) is 4.17. The van der Waals surface area contributed by atoms with E-state index in [-0.39, 0.29) is 0 Å². The molecule has 2 nitrogen and oxygen atoms in total. The minimum absolute atomic E-state index is 0.546. The van der Waals surface area contributed by atoms with E-state index in [9.17, 15) is 0 Å². The van der Waals surface area contributed by atoms with Gasteiger partial charge in [0.05, 0.1) is 4.47 Å². The molecule has 2 aromatic carbocycles. The van der Waals surface area contributed by atoms with E-state index in [1.54, 1.807) is 0 Å². The summed E-state index contributed by atoms with van der Waals surface area (Å²) in [4.78, 5) is 0. The van der Waals surface area contributed by atoms with Crippen LogP contribution < -0.4 is 10.5 Å². The Labute approximate surface area is 116 Å². The lowest BCUT2D eigenvalue weighted by atomic mass is 10.2. The Kier molecular flexibility index (Phi) is 4.26. The van der Waals surface area contributed by atoms with E-state index in [0.29, 0.717) is 6.61 Å². The molecule has 2 N–H and O–H groups in total. The minimum Gasteiger partial charge on any atom is -0.488 e. The van der Waals surface area contributed by atoms with Crippen LogP contribution in [-0.2, 0) is 13.0 Å². The van der Waals surface area contributed by atoms with Crippen molar-refractivity contribution in [2.45, 2.75) is 20.0 Å². The van der Waals surface area contributed by atoms with Gasteiger partial charge in [0.25, 0.3) is 0 Å². The van der Waals surface area contributed by atoms with Crippen LogP contribution in [0.2, 0.25) is 0 Å². The van der Waals surface area contributed by atoms with Crippen LogP contribution in [0.15, 0.2) is 46.9 Å². The van der Waals surface area contributed by atoms with E-state index in [0.717, 1.165) is 27.9 Å². The van der Waals surface area contributed by atoms with Gasteiger partial charge in [-0.15, -0.1) is 0 Å². The number of hydrogen-bond donors (Lipinski definition) is 1. The molecule has 0 aromatic heterocycles. The number of anilines is 1. The van der Waals surface area contributed by atoms with Gasteiger partial charge < -0.3 is 10.5 Å². The first-order valence-corrected chi connectivity index (χ1v) is 6.74. The first-order valence-electron chi connectivity index (χ1n) is 5.94. The smallest absolute Gasteiger partial charge is 0.134 e. The van der Waals surface area contributed by atoms with Crippen molar-refractivity contribution in [2.75, 3.05) is 5.73 Å². The van der Waals surface area contributed by atoms with Gasteiger partial charge in [-0.2, -0.15) is 0 Å². The summed E-state index contributed by atoms with van der Waals surface area (Å²) in [5.41, 5.74) is 8.81. The quantitative estimate of drug-likeness (QED) is 0.860. The molecule has 0 amide bonds. The zero-order chi connectivity index (χ0) is 13.0. The van der Waals surface area contributed by atoms with Gasteiger partial charge in [0.2, 0.25) is 0 Å². The normalized spacial score (nSPS) is 10.3. The second kappa shape index (κ2) is 5.91. The molecule has 0 saturated carbocycles. The molecule has 94 valence electrons. The Hall–Kier alpha value is -1.48. The fourth-order valence-corrected chi connectivity index (χ4v) is 2.20. The van der Waals surface area contributed by atoms with E-state index in [1.165, 1.54) is 5.56 Å². The molecule has 0 spiro atoms. The molecule has 0 radical (unpaired) electrons. The van der Waals surface area contributed by atoms with Crippen LogP contribution in [0.3, 0.4) is 0 Å². The zero-order valence-electron chi connectivity index (χ0n) is 10.3. The standard InChI is InChI=1S/C15H16BrNO/c1-2-11-5-8-15(14(16)9-11)18-10-12-3-6-13(17)7-4-12/h3-9H,2,10,17H2,1H3. The minimum atomic E-state index is 0.546. The van der Waals surface area contributed by atoms with E-state index >= 15 is 0 Å². The summed E-state index contributed by atoms with van der Waals surface area (Å²) in [6.45, 7) is 2.68. The van der Waals surface area contributed by atoms with Crippen LogP contribution >= 0.6 is 15.9 Å². The van der Waals surface area contributed by atoms with E-state index in [4.69, 9.17) is 10.5 Å². The summed E-state index contributed by atoms with van der Waals surface area (Å²) >= 11 is 3.53. The summed E-state index contributed by atoms with van der Waals surface area (Å²) in [5, 5.41) is 0. The van der Waals surface area contributed by atoms with Crippen LogP contribution in [-0.4, -0.2) is 0 Å². The molecule has 3 heteroatoms. The van der Waals surface area contributed by atoms with Crippen molar-refractivity contribution in [1.29, 1.82) is 0 Å². The number of ether oxygens (including phenoxy) is 1. The second-order valence-electron chi connectivity index (χ2n) is 4.15. The van der Waals surface area contributed by atoms with Crippen LogP contribution in [0, 0.1) is 0 Å². The maximum atomic E-state index is 5.77. The highest BCUT2D eigenvalue weighted by Crippen LogP contribution is 2.27. The highest BCUT2D eigenvalue weighted by molar-refractivity contribution is 9.10. The molecule has 2 rings (SSSR count). The third-order valence-electron chi connectivity index (χ3n) is 2.78. The molecule has 0 saturated heterocycles. The van der Waals surface area contributed by atoms with Crippen molar-refractivity contribution < 1.29 is 4.74 Å². The maximum Gasteiger partial charge on any atom is 0.134 e. The van der Waals surface area contributed by atoms with E-state index in [2.05, 4.69) is 35.0 Å². The summed E-state index contributed by atoms with van der Waals surface area (Å²) in [6.07, 6.45) is 1.02. The number of halogens is 1. The second-order valence-corrected chi connectivity index (χ2v) is 5.00. The van der Waals surface area contributed by atoms with E-state index < -0.39 is 0 Å². The third kappa shape index (κ3) is 3.26. The Bertz CT molecular complexity index is 523. The van der Waals surface area contributed by atoms with Crippen molar-refractivity contribution in [3.63, 3.8) is 0 Å². The molecule has 0 aliphatic heterocycles. The van der Waals surface area contributed by atoms with Gasteiger partial charge >= 0.3 is 0 Å². The molecule has 0 aliphatic carbocycles. The Balaban J connectivity index is 2.04. The number of benzene rings is 2. The van der Waals surface area contributed by atoms with Crippen molar-refractivity contribution in [1.82, 2.24) is 0 Å². The lowest BCUT2D eigenvalue weighted by Gasteiger charge is -2.09. The number of nitrogen functional groups attached to an aromatic ring is 1. The molecule has 0 fully saturated rings. The van der Waals surface area contributed by atoms with Crippen LogP contribution in [0.5, 0.6) is 5.75 Å². The van der Waals surface area contributed by atoms with Crippen molar-refractivity contribution >= 4 is 21.6 Å². The number of nitrogens with two attached hydrogens (primary N) is 1. The Morgan fingerprint density at radius 1 is 1.06 bits per heavy atom. The molecule has 0 unspecified atom stereocenters. The highest BCUT2D eigenvalue weighted by Gasteiger charge is 2.02. The molecule has 0 heterocycles. The number of rotatable bonds is 4. The fourth-order valence-electron chi connectivity index (χ4n) is 1.66. The fraction of sp³-hybridized carbons (Fsp3) is 0.200. The van der Waals surface area contributed by atoms with Gasteiger partial charge in [0, 0.05) is 5.69 Å². The van der Waals surface area contributed by atoms with Gasteiger partial charge in [-0.25, -0.2) is 0 Å². The van der Waals surface area contributed by atoms with E-state index in [1.807, 2.05) is 30.3 Å². The van der Waals surface area contributed by atoms with Crippen LogP contribution in [0.4, 0.5) is 5.69 Å². The first-order chi connectivity index (χ1) is 8.69. The monoisotopic (exact) mass is 305 g/mol. The molecule has 0 atom stereocenters. The molecular formula is C15H16BrNO. The third-order valence-corrected chi connectivity index (χ3v) is 3.40. The van der Waals surface area contributed by atoms with Crippen LogP contribution in [0.25, 0.3) is 0 Å². The molecular weight excluding hydrogens is 290 g/mol. The number of hydrogen-bond acceptors (Lipinski definition) is 2. The summed E-state index contributed by atoms with van der Waals surface area (Å²) in [6, 6.07) is 13.9.